The average Bonchev–Trinajstić information content (AvgIpc) is 3.57. The maximum absolute atomic E-state index is 13.2. The molecular weight excluding hydrogens is 598 g/mol. The van der Waals surface area contributed by atoms with Crippen LogP contribution in [0.3, 0.4) is 0 Å². The van der Waals surface area contributed by atoms with E-state index in [1.54, 1.807) is 48.5 Å². The molecule has 2 amide bonds. The summed E-state index contributed by atoms with van der Waals surface area (Å²) in [4.78, 5) is 51.4. The van der Waals surface area contributed by atoms with Crippen LogP contribution in [0.25, 0.3) is 0 Å². The number of carbonyl (C=O) groups excluding carboxylic acids is 2. The van der Waals surface area contributed by atoms with Crippen LogP contribution in [0.5, 0.6) is 5.75 Å². The van der Waals surface area contributed by atoms with Gasteiger partial charge in [0.05, 0.1) is 19.0 Å². The van der Waals surface area contributed by atoms with E-state index in [0.29, 0.717) is 47.2 Å². The molecule has 1 aromatic heterocycles. The Kier molecular flexibility index (Phi) is 9.99. The zero-order valence-electron chi connectivity index (χ0n) is 28.0. The largest absolute Gasteiger partial charge is 0.495 e. The molecule has 4 N–H and O–H groups in total. The van der Waals surface area contributed by atoms with Gasteiger partial charge in [-0.25, -0.2) is 4.98 Å². The highest BCUT2D eigenvalue weighted by molar-refractivity contribution is 6.05. The fourth-order valence-corrected chi connectivity index (χ4v) is 6.39. The van der Waals surface area contributed by atoms with E-state index in [-0.39, 0.29) is 29.4 Å². The average molecular weight is 644 g/mol. The van der Waals surface area contributed by atoms with E-state index in [9.17, 15) is 19.5 Å². The van der Waals surface area contributed by atoms with Gasteiger partial charge in [-0.1, -0.05) is 31.9 Å². The zero-order chi connectivity index (χ0) is 33.9. The molecule has 0 bridgehead atoms. The molecule has 0 saturated heterocycles. The highest BCUT2D eigenvalue weighted by Gasteiger charge is 2.41. The maximum Gasteiger partial charge on any atom is 0.321 e. The van der Waals surface area contributed by atoms with Crippen molar-refractivity contribution in [3.63, 3.8) is 0 Å². The molecule has 1 fully saturated rings. The molecule has 2 heterocycles. The number of likely N-dealkylation sites (N-methyl/N-ethyl adjacent to an activating group) is 1. The van der Waals surface area contributed by atoms with Gasteiger partial charge < -0.3 is 30.3 Å². The van der Waals surface area contributed by atoms with Gasteiger partial charge in [0.2, 0.25) is 11.9 Å². The Labute approximate surface area is 275 Å². The molecule has 47 heavy (non-hydrogen) atoms. The van der Waals surface area contributed by atoms with Crippen LogP contribution in [0.15, 0.2) is 48.7 Å². The molecule has 1 aliphatic heterocycles. The van der Waals surface area contributed by atoms with Gasteiger partial charge in [0.25, 0.3) is 5.91 Å². The third-order valence-electron chi connectivity index (χ3n) is 8.68. The summed E-state index contributed by atoms with van der Waals surface area (Å²) in [6.45, 7) is 7.81. The molecule has 250 valence electrons. The van der Waals surface area contributed by atoms with E-state index in [4.69, 9.17) is 9.72 Å². The lowest BCUT2D eigenvalue weighted by molar-refractivity contribution is -0.140. The fourth-order valence-electron chi connectivity index (χ4n) is 6.39. The molecule has 1 aliphatic carbocycles. The van der Waals surface area contributed by atoms with Crippen LogP contribution in [0.4, 0.5) is 28.8 Å². The van der Waals surface area contributed by atoms with Gasteiger partial charge in [0.15, 0.2) is 5.82 Å². The highest BCUT2D eigenvalue weighted by atomic mass is 16.5. The number of nitrogens with zero attached hydrogens (tertiary/aromatic N) is 4. The second kappa shape index (κ2) is 14.0. The molecule has 1 saturated carbocycles. The molecule has 0 unspecified atom stereocenters. The third kappa shape index (κ3) is 7.65. The number of aliphatic carboxylic acids is 1. The number of ether oxygens (including phenoxy) is 1. The standard InChI is InChI=1S/C35H45N7O5/c1-7-27-32(44)41(5)28-20-36-34(39-30(28)42(27)24-10-8-9-11-24)38-25-17-14-22(19-29(25)47-6)31(43)37-23-15-12-21(13-16-23)18-26(33(45)46)40-35(2,3)4/h12-17,19-20,24,26-27,40H,7-11,18H2,1-6H3,(H,37,43)(H,45,46)(H,36,38,39)/t26-,27+/m0/s1. The van der Waals surface area contributed by atoms with Gasteiger partial charge in [-0.3, -0.25) is 19.7 Å². The lowest BCUT2D eigenvalue weighted by atomic mass is 10.0. The number of carbonyl (C=O) groups is 3. The number of fused-ring (bicyclic) bond motifs is 1. The SMILES string of the molecule is CC[C@@H]1C(=O)N(C)c2cnc(Nc3ccc(C(=O)Nc4ccc(C[C@H](NC(C)(C)C)C(=O)O)cc4)cc3OC)nc2N1C1CCCC1. The quantitative estimate of drug-likeness (QED) is 0.215. The predicted octanol–water partition coefficient (Wildman–Crippen LogP) is 5.37. The number of nitrogens with one attached hydrogen (secondary N) is 3. The van der Waals surface area contributed by atoms with Crippen molar-refractivity contribution in [2.45, 2.75) is 89.9 Å². The van der Waals surface area contributed by atoms with Gasteiger partial charge in [-0.05, 0) is 82.3 Å². The Bertz CT molecular complexity index is 1620. The van der Waals surface area contributed by atoms with Crippen LogP contribution in [0, 0.1) is 0 Å². The summed E-state index contributed by atoms with van der Waals surface area (Å²) in [5, 5.41) is 18.9. The molecule has 0 spiro atoms. The minimum Gasteiger partial charge on any atom is -0.495 e. The summed E-state index contributed by atoms with van der Waals surface area (Å²) >= 11 is 0. The highest BCUT2D eigenvalue weighted by Crippen LogP contribution is 2.40. The number of rotatable bonds is 11. The van der Waals surface area contributed by atoms with Crippen LogP contribution >= 0.6 is 0 Å². The number of hydrogen-bond donors (Lipinski definition) is 4. The number of benzene rings is 2. The van der Waals surface area contributed by atoms with Crippen LogP contribution < -0.4 is 30.5 Å². The van der Waals surface area contributed by atoms with Crippen molar-refractivity contribution in [3.05, 3.63) is 59.8 Å². The second-order valence-corrected chi connectivity index (χ2v) is 13.2. The van der Waals surface area contributed by atoms with Crippen molar-refractivity contribution in [1.29, 1.82) is 0 Å². The molecule has 5 rings (SSSR count). The van der Waals surface area contributed by atoms with Gasteiger partial charge in [0, 0.05) is 29.9 Å². The number of aromatic nitrogens is 2. The minimum atomic E-state index is -0.914. The normalized spacial score (nSPS) is 17.3. The van der Waals surface area contributed by atoms with Crippen molar-refractivity contribution < 1.29 is 24.2 Å². The van der Waals surface area contributed by atoms with Crippen molar-refractivity contribution in [2.24, 2.45) is 0 Å². The van der Waals surface area contributed by atoms with Crippen molar-refractivity contribution in [3.8, 4) is 5.75 Å². The maximum atomic E-state index is 13.2. The van der Waals surface area contributed by atoms with Gasteiger partial charge in [0.1, 0.15) is 23.5 Å². The summed E-state index contributed by atoms with van der Waals surface area (Å²) in [6.07, 6.45) is 7.01. The molecule has 2 aliphatic rings. The van der Waals surface area contributed by atoms with E-state index in [1.165, 1.54) is 7.11 Å². The topological polar surface area (TPSA) is 149 Å². The Hall–Kier alpha value is -4.71. The number of amides is 2. The van der Waals surface area contributed by atoms with E-state index in [2.05, 4.69) is 25.8 Å². The van der Waals surface area contributed by atoms with Crippen molar-refractivity contribution in [1.82, 2.24) is 15.3 Å². The molecule has 3 aromatic rings. The van der Waals surface area contributed by atoms with E-state index < -0.39 is 12.0 Å². The number of hydrogen-bond acceptors (Lipinski definition) is 9. The van der Waals surface area contributed by atoms with E-state index in [1.807, 2.05) is 39.8 Å². The first-order valence-corrected chi connectivity index (χ1v) is 16.2. The van der Waals surface area contributed by atoms with E-state index >= 15 is 0 Å². The Balaban J connectivity index is 1.30. The Morgan fingerprint density at radius 3 is 2.43 bits per heavy atom. The van der Waals surface area contributed by atoms with Crippen LogP contribution in [-0.4, -0.2) is 70.7 Å². The smallest absolute Gasteiger partial charge is 0.321 e. The summed E-state index contributed by atoms with van der Waals surface area (Å²) in [5.74, 6) is 0.365. The Morgan fingerprint density at radius 2 is 1.81 bits per heavy atom. The second-order valence-electron chi connectivity index (χ2n) is 13.2. The van der Waals surface area contributed by atoms with Crippen molar-refractivity contribution >= 4 is 46.6 Å². The van der Waals surface area contributed by atoms with Crippen molar-refractivity contribution in [2.75, 3.05) is 34.6 Å². The lowest BCUT2D eigenvalue weighted by Crippen LogP contribution is -2.55. The van der Waals surface area contributed by atoms with Crippen LogP contribution in [0.1, 0.15) is 75.7 Å². The Morgan fingerprint density at radius 1 is 1.11 bits per heavy atom. The molecule has 2 aromatic carbocycles. The number of methoxy groups -OCH3 is 1. The van der Waals surface area contributed by atoms with Gasteiger partial charge in [-0.2, -0.15) is 4.98 Å². The number of carboxylic acid groups (broad SMARTS) is 1. The van der Waals surface area contributed by atoms with Crippen LogP contribution in [0.2, 0.25) is 0 Å². The minimum absolute atomic E-state index is 0.0583. The lowest BCUT2D eigenvalue weighted by Gasteiger charge is -2.43. The van der Waals surface area contributed by atoms with Crippen LogP contribution in [-0.2, 0) is 16.0 Å². The van der Waals surface area contributed by atoms with Gasteiger partial charge >= 0.3 is 5.97 Å². The first-order chi connectivity index (χ1) is 22.4. The molecule has 12 nitrogen and oxygen atoms in total. The number of anilines is 5. The third-order valence-corrected chi connectivity index (χ3v) is 8.68. The summed E-state index contributed by atoms with van der Waals surface area (Å²) in [7, 11) is 3.30. The molecule has 2 atom stereocenters. The fraction of sp³-hybridized carbons (Fsp3) is 0.457. The first-order valence-electron chi connectivity index (χ1n) is 16.2. The first kappa shape index (κ1) is 33.6. The molecule has 0 radical (unpaired) electrons. The molecular formula is C35H45N7O5. The van der Waals surface area contributed by atoms with Gasteiger partial charge in [-0.15, -0.1) is 0 Å². The summed E-state index contributed by atoms with van der Waals surface area (Å²) in [5.41, 5.74) is 2.74. The summed E-state index contributed by atoms with van der Waals surface area (Å²) in [6, 6.07) is 11.5. The summed E-state index contributed by atoms with van der Waals surface area (Å²) < 4.78 is 5.63. The van der Waals surface area contributed by atoms with E-state index in [0.717, 1.165) is 37.1 Å². The number of carboxylic acids is 1. The molecule has 12 heteroatoms. The zero-order valence-corrected chi connectivity index (χ0v) is 28.0. The monoisotopic (exact) mass is 643 g/mol. The predicted molar refractivity (Wildman–Crippen MR) is 183 cm³/mol.